The van der Waals surface area contributed by atoms with Crippen LogP contribution in [0.15, 0.2) is 18.2 Å². The van der Waals surface area contributed by atoms with E-state index >= 15 is 0 Å². The average Bonchev–Trinajstić information content (AvgIpc) is 2.87. The molecule has 0 spiro atoms. The van der Waals surface area contributed by atoms with Crippen molar-refractivity contribution in [3.63, 3.8) is 0 Å². The van der Waals surface area contributed by atoms with Crippen LogP contribution in [0.4, 0.5) is 10.1 Å². The van der Waals surface area contributed by atoms with Gasteiger partial charge in [0.05, 0.1) is 12.6 Å². The number of methoxy groups -OCH3 is 1. The first-order valence-electron chi connectivity index (χ1n) is 6.49. The van der Waals surface area contributed by atoms with E-state index in [0.29, 0.717) is 23.7 Å². The third kappa shape index (κ3) is 2.93. The molecular formula is C13H18FN5O. The van der Waals surface area contributed by atoms with E-state index in [4.69, 9.17) is 10.5 Å². The molecule has 2 aromatic rings. The Kier molecular flexibility index (Phi) is 4.62. The quantitative estimate of drug-likeness (QED) is 0.819. The van der Waals surface area contributed by atoms with E-state index < -0.39 is 0 Å². The molecule has 1 atom stereocenters. The topological polar surface area (TPSA) is 78.8 Å². The van der Waals surface area contributed by atoms with Crippen molar-refractivity contribution in [1.29, 1.82) is 0 Å². The van der Waals surface area contributed by atoms with Crippen LogP contribution in [0.5, 0.6) is 0 Å². The highest BCUT2D eigenvalue weighted by Crippen LogP contribution is 2.27. The van der Waals surface area contributed by atoms with Crippen molar-refractivity contribution in [2.45, 2.75) is 25.8 Å². The molecule has 0 aliphatic carbocycles. The van der Waals surface area contributed by atoms with Crippen LogP contribution in [0.2, 0.25) is 0 Å². The molecule has 1 unspecified atom stereocenters. The first kappa shape index (κ1) is 14.4. The third-order valence-corrected chi connectivity index (χ3v) is 3.07. The molecule has 2 rings (SSSR count). The molecule has 1 aromatic carbocycles. The van der Waals surface area contributed by atoms with Crippen molar-refractivity contribution < 1.29 is 9.13 Å². The summed E-state index contributed by atoms with van der Waals surface area (Å²) in [5, 5.41) is 11.7. The molecule has 1 heterocycles. The first-order chi connectivity index (χ1) is 9.67. The summed E-state index contributed by atoms with van der Waals surface area (Å²) < 4.78 is 20.0. The van der Waals surface area contributed by atoms with E-state index in [-0.39, 0.29) is 11.9 Å². The van der Waals surface area contributed by atoms with E-state index in [0.717, 1.165) is 12.8 Å². The zero-order valence-corrected chi connectivity index (χ0v) is 11.6. The molecule has 0 radical (unpaired) electrons. The zero-order valence-electron chi connectivity index (χ0n) is 11.6. The molecular weight excluding hydrogens is 261 g/mol. The number of tetrazole rings is 1. The van der Waals surface area contributed by atoms with Gasteiger partial charge in [-0.2, -0.15) is 0 Å². The zero-order chi connectivity index (χ0) is 14.5. The predicted molar refractivity (Wildman–Crippen MR) is 73.4 cm³/mol. The highest BCUT2D eigenvalue weighted by molar-refractivity contribution is 5.71. The summed E-state index contributed by atoms with van der Waals surface area (Å²) in [6, 6.07) is 4.22. The van der Waals surface area contributed by atoms with Crippen LogP contribution in [-0.2, 0) is 4.74 Å². The van der Waals surface area contributed by atoms with Gasteiger partial charge in [0, 0.05) is 18.4 Å². The fourth-order valence-corrected chi connectivity index (χ4v) is 2.16. The third-order valence-electron chi connectivity index (χ3n) is 3.07. The summed E-state index contributed by atoms with van der Waals surface area (Å²) in [6.07, 6.45) is 1.86. The monoisotopic (exact) mass is 279 g/mol. The van der Waals surface area contributed by atoms with Crippen molar-refractivity contribution >= 4 is 5.69 Å². The standard InChI is InChI=1S/C13H18FN5O/c1-3-4-10(8-20-2)19-13(16-17-18-19)11-6-5-9(14)7-12(11)15/h5-7,10H,3-4,8,15H2,1-2H3. The minimum Gasteiger partial charge on any atom is -0.398 e. The smallest absolute Gasteiger partial charge is 0.184 e. The largest absolute Gasteiger partial charge is 0.398 e. The van der Waals surface area contributed by atoms with Crippen LogP contribution in [0.3, 0.4) is 0 Å². The van der Waals surface area contributed by atoms with Crippen LogP contribution in [0.25, 0.3) is 11.4 Å². The number of hydrogen-bond donors (Lipinski definition) is 1. The fraction of sp³-hybridized carbons (Fsp3) is 0.462. The lowest BCUT2D eigenvalue weighted by molar-refractivity contribution is 0.144. The average molecular weight is 279 g/mol. The second-order valence-electron chi connectivity index (χ2n) is 4.58. The summed E-state index contributed by atoms with van der Waals surface area (Å²) >= 11 is 0. The SMILES string of the molecule is CCCC(COC)n1nnnc1-c1ccc(F)cc1N. The number of anilines is 1. The minimum atomic E-state index is -0.382. The minimum absolute atomic E-state index is 0.0273. The Morgan fingerprint density at radius 1 is 1.45 bits per heavy atom. The number of halogens is 1. The molecule has 0 saturated heterocycles. The lowest BCUT2D eigenvalue weighted by Gasteiger charge is -2.17. The number of hydrogen-bond acceptors (Lipinski definition) is 5. The maximum absolute atomic E-state index is 13.1. The molecule has 0 aliphatic rings. The molecule has 2 N–H and O–H groups in total. The summed E-state index contributed by atoms with van der Waals surface area (Å²) in [5.41, 5.74) is 6.78. The van der Waals surface area contributed by atoms with Gasteiger partial charge in [-0.05, 0) is 35.0 Å². The van der Waals surface area contributed by atoms with Gasteiger partial charge in [-0.15, -0.1) is 5.10 Å². The van der Waals surface area contributed by atoms with Gasteiger partial charge in [-0.1, -0.05) is 13.3 Å². The molecule has 0 fully saturated rings. The van der Waals surface area contributed by atoms with Gasteiger partial charge in [0.25, 0.3) is 0 Å². The number of nitrogens with zero attached hydrogens (tertiary/aromatic N) is 4. The molecule has 1 aromatic heterocycles. The summed E-state index contributed by atoms with van der Waals surface area (Å²) in [5.74, 6) is 0.144. The highest BCUT2D eigenvalue weighted by Gasteiger charge is 2.19. The van der Waals surface area contributed by atoms with Crippen LogP contribution < -0.4 is 5.73 Å². The van der Waals surface area contributed by atoms with E-state index in [2.05, 4.69) is 22.4 Å². The highest BCUT2D eigenvalue weighted by atomic mass is 19.1. The first-order valence-corrected chi connectivity index (χ1v) is 6.49. The Morgan fingerprint density at radius 3 is 2.90 bits per heavy atom. The van der Waals surface area contributed by atoms with Gasteiger partial charge in [0.1, 0.15) is 5.82 Å². The second-order valence-corrected chi connectivity index (χ2v) is 4.58. The van der Waals surface area contributed by atoms with E-state index in [1.165, 1.54) is 12.1 Å². The molecule has 20 heavy (non-hydrogen) atoms. The van der Waals surface area contributed by atoms with Crippen LogP contribution in [0, 0.1) is 5.82 Å². The van der Waals surface area contributed by atoms with Gasteiger partial charge in [-0.25, -0.2) is 9.07 Å². The van der Waals surface area contributed by atoms with E-state index in [1.807, 2.05) is 0 Å². The summed E-state index contributed by atoms with van der Waals surface area (Å²) in [7, 11) is 1.64. The Labute approximate surface area is 116 Å². The fourth-order valence-electron chi connectivity index (χ4n) is 2.16. The van der Waals surface area contributed by atoms with Crippen LogP contribution in [-0.4, -0.2) is 33.9 Å². The lowest BCUT2D eigenvalue weighted by Crippen LogP contribution is -2.17. The van der Waals surface area contributed by atoms with Crippen molar-refractivity contribution in [2.75, 3.05) is 19.5 Å². The van der Waals surface area contributed by atoms with E-state index in [1.54, 1.807) is 17.9 Å². The molecule has 0 bridgehead atoms. The Morgan fingerprint density at radius 2 is 2.25 bits per heavy atom. The van der Waals surface area contributed by atoms with Crippen molar-refractivity contribution in [2.24, 2.45) is 0 Å². The normalized spacial score (nSPS) is 12.6. The Hall–Kier alpha value is -2.02. The number of nitrogen functional groups attached to an aromatic ring is 1. The van der Waals surface area contributed by atoms with Gasteiger partial charge in [0.15, 0.2) is 5.82 Å². The number of rotatable bonds is 6. The number of nitrogens with two attached hydrogens (primary N) is 1. The Balaban J connectivity index is 2.40. The maximum Gasteiger partial charge on any atom is 0.184 e. The van der Waals surface area contributed by atoms with Gasteiger partial charge < -0.3 is 10.5 Å². The van der Waals surface area contributed by atoms with Gasteiger partial charge in [0.2, 0.25) is 0 Å². The maximum atomic E-state index is 13.1. The summed E-state index contributed by atoms with van der Waals surface area (Å²) in [4.78, 5) is 0. The number of ether oxygens (including phenoxy) is 1. The number of benzene rings is 1. The second kappa shape index (κ2) is 6.42. The van der Waals surface area contributed by atoms with Crippen molar-refractivity contribution in [1.82, 2.24) is 20.2 Å². The van der Waals surface area contributed by atoms with Crippen LogP contribution in [0.1, 0.15) is 25.8 Å². The summed E-state index contributed by atoms with van der Waals surface area (Å²) in [6.45, 7) is 2.59. The predicted octanol–water partition coefficient (Wildman–Crippen LogP) is 2.05. The van der Waals surface area contributed by atoms with Gasteiger partial charge in [-0.3, -0.25) is 0 Å². The number of aromatic nitrogens is 4. The molecule has 0 amide bonds. The van der Waals surface area contributed by atoms with Crippen molar-refractivity contribution in [3.8, 4) is 11.4 Å². The molecule has 108 valence electrons. The molecule has 0 saturated carbocycles. The van der Waals surface area contributed by atoms with Gasteiger partial charge >= 0.3 is 0 Å². The van der Waals surface area contributed by atoms with Crippen molar-refractivity contribution in [3.05, 3.63) is 24.0 Å². The van der Waals surface area contributed by atoms with Crippen LogP contribution >= 0.6 is 0 Å². The lowest BCUT2D eigenvalue weighted by atomic mass is 10.1. The Bertz CT molecular complexity index is 566. The molecule has 0 aliphatic heterocycles. The molecule has 7 heteroatoms. The molecule has 6 nitrogen and oxygen atoms in total. The van der Waals surface area contributed by atoms with E-state index in [9.17, 15) is 4.39 Å².